The van der Waals surface area contributed by atoms with Crippen LogP contribution in [-0.2, 0) is 32.6 Å². The molecule has 0 radical (unpaired) electrons. The molecule has 4 aromatic rings. The van der Waals surface area contributed by atoms with Gasteiger partial charge < -0.3 is 24.3 Å². The Kier molecular flexibility index (Phi) is 14.9. The summed E-state index contributed by atoms with van der Waals surface area (Å²) in [5, 5.41) is 3.13. The number of anilines is 2. The number of ether oxygens (including phenoxy) is 2. The van der Waals surface area contributed by atoms with Gasteiger partial charge in [-0.15, -0.1) is 0 Å². The summed E-state index contributed by atoms with van der Waals surface area (Å²) in [5.41, 5.74) is 6.79. The second kappa shape index (κ2) is 20.0. The van der Waals surface area contributed by atoms with E-state index in [1.54, 1.807) is 12.5 Å². The largest absolute Gasteiger partial charge is 0.491 e. The van der Waals surface area contributed by atoms with Crippen molar-refractivity contribution in [3.05, 3.63) is 96.1 Å². The molecule has 1 aliphatic heterocycles. The van der Waals surface area contributed by atoms with Crippen LogP contribution in [-0.4, -0.2) is 52.6 Å². The number of hydrogen-bond acceptors (Lipinski definition) is 6. The van der Waals surface area contributed by atoms with Gasteiger partial charge in [0.15, 0.2) is 0 Å². The number of nitrogens with zero attached hydrogens (tertiary/aromatic N) is 3. The second-order valence-corrected chi connectivity index (χ2v) is 14.6. The van der Waals surface area contributed by atoms with Gasteiger partial charge in [-0.3, -0.25) is 9.00 Å². The molecule has 0 unspecified atom stereocenters. The molecule has 0 aliphatic carbocycles. The first-order valence-electron chi connectivity index (χ1n) is 18.7. The molecule has 272 valence electrons. The lowest BCUT2D eigenvalue weighted by Gasteiger charge is -2.28. The number of benzene rings is 3. The van der Waals surface area contributed by atoms with Crippen molar-refractivity contribution in [1.82, 2.24) is 9.55 Å². The quantitative estimate of drug-likeness (QED) is 0.110. The lowest BCUT2D eigenvalue weighted by molar-refractivity contribution is -0.112. The number of hydrogen-bond donors (Lipinski definition) is 1. The molecule has 8 nitrogen and oxygen atoms in total. The van der Waals surface area contributed by atoms with Crippen LogP contribution in [0.5, 0.6) is 5.75 Å². The first-order valence-corrected chi connectivity index (χ1v) is 20.0. The van der Waals surface area contributed by atoms with Gasteiger partial charge in [0.25, 0.3) is 5.91 Å². The zero-order valence-corrected chi connectivity index (χ0v) is 31.4. The Balaban J connectivity index is 1.32. The van der Waals surface area contributed by atoms with E-state index in [9.17, 15) is 9.00 Å². The Morgan fingerprint density at radius 2 is 1.65 bits per heavy atom. The number of amides is 1. The number of fused-ring (bicyclic) bond motifs is 1. The number of carbonyl (C=O) groups excluding carboxylic acids is 1. The van der Waals surface area contributed by atoms with E-state index in [1.165, 1.54) is 0 Å². The maximum Gasteiger partial charge on any atom is 0.251 e. The van der Waals surface area contributed by atoms with Crippen LogP contribution in [0.4, 0.5) is 11.4 Å². The van der Waals surface area contributed by atoms with Gasteiger partial charge in [-0.25, -0.2) is 4.98 Å². The van der Waals surface area contributed by atoms with E-state index in [2.05, 4.69) is 76.9 Å². The highest BCUT2D eigenvalue weighted by Crippen LogP contribution is 2.33. The van der Waals surface area contributed by atoms with E-state index in [0.29, 0.717) is 31.1 Å². The standard InChI is InChI=1S/C42H54N4O4S/c1-4-7-25-49-26-27-50-39-17-12-33(13-18-39)34-14-21-41-36(28-34)29-35(11-9-8-10-24-45(41)22-5-2)42(47)44-37-15-19-40(20-16-37)51(48)31-38-30-43-32-46(38)23-6-3/h12-21,28-30,32H,4-11,22-27,31H2,1-3H3,(H,44,47)/b35-29+/t51-/m0/s1. The maximum atomic E-state index is 13.8. The van der Waals surface area contributed by atoms with Crippen LogP contribution in [0.25, 0.3) is 17.2 Å². The predicted octanol–water partition coefficient (Wildman–Crippen LogP) is 9.28. The summed E-state index contributed by atoms with van der Waals surface area (Å²) in [5.74, 6) is 1.12. The number of imidazole rings is 1. The molecule has 5 rings (SSSR count). The molecule has 3 aromatic carbocycles. The molecule has 51 heavy (non-hydrogen) atoms. The van der Waals surface area contributed by atoms with Crippen LogP contribution in [0.1, 0.15) is 83.4 Å². The second-order valence-electron chi connectivity index (χ2n) is 13.1. The Morgan fingerprint density at radius 1 is 0.863 bits per heavy atom. The molecule has 0 saturated carbocycles. The van der Waals surface area contributed by atoms with Crippen molar-refractivity contribution >= 4 is 34.2 Å². The number of aromatic nitrogens is 2. The number of unbranched alkanes of at least 4 members (excludes halogenated alkanes) is 1. The fraction of sp³-hybridized carbons (Fsp3) is 0.429. The van der Waals surface area contributed by atoms with Crippen molar-refractivity contribution in [2.45, 2.75) is 89.3 Å². The fourth-order valence-electron chi connectivity index (χ4n) is 6.33. The molecule has 0 fully saturated rings. The first kappa shape index (κ1) is 38.0. The van der Waals surface area contributed by atoms with E-state index in [1.807, 2.05) is 36.4 Å². The Hall–Kier alpha value is -4.21. The van der Waals surface area contributed by atoms with Gasteiger partial charge in [0.1, 0.15) is 12.4 Å². The summed E-state index contributed by atoms with van der Waals surface area (Å²) in [6, 6.07) is 22.2. The molecule has 0 bridgehead atoms. The average molecular weight is 711 g/mol. The van der Waals surface area contributed by atoms with Crippen molar-refractivity contribution in [1.29, 1.82) is 0 Å². The van der Waals surface area contributed by atoms with Crippen LogP contribution >= 0.6 is 0 Å². The summed E-state index contributed by atoms with van der Waals surface area (Å²) in [4.78, 5) is 21.3. The number of nitrogens with one attached hydrogen (secondary N) is 1. The van der Waals surface area contributed by atoms with Gasteiger partial charge in [0.2, 0.25) is 0 Å². The molecular formula is C42H54N4O4S. The monoisotopic (exact) mass is 710 g/mol. The van der Waals surface area contributed by atoms with Gasteiger partial charge in [-0.1, -0.05) is 51.8 Å². The summed E-state index contributed by atoms with van der Waals surface area (Å²) in [7, 11) is -1.21. The van der Waals surface area contributed by atoms with E-state index in [4.69, 9.17) is 9.47 Å². The zero-order chi connectivity index (χ0) is 35.8. The SMILES string of the molecule is CCCCOCCOc1ccc(-c2ccc3c(c2)/C=C(/C(=O)Nc2ccc([S@@](=O)Cc4cncn4CCC)cc2)CCCCCN3CCC)cc1. The molecular weight excluding hydrogens is 657 g/mol. The predicted molar refractivity (Wildman–Crippen MR) is 210 cm³/mol. The Labute approximate surface area is 306 Å². The lowest BCUT2D eigenvalue weighted by atomic mass is 9.96. The molecule has 1 amide bonds. The summed E-state index contributed by atoms with van der Waals surface area (Å²) in [6.45, 7) is 11.2. The number of carbonyl (C=O) groups is 1. The van der Waals surface area contributed by atoms with Crippen molar-refractivity contribution in [3.8, 4) is 16.9 Å². The van der Waals surface area contributed by atoms with Crippen LogP contribution in [0.15, 0.2) is 89.7 Å². The Morgan fingerprint density at radius 3 is 2.41 bits per heavy atom. The number of aryl methyl sites for hydroxylation is 1. The highest BCUT2D eigenvalue weighted by Gasteiger charge is 2.18. The highest BCUT2D eigenvalue weighted by molar-refractivity contribution is 7.84. The Bertz CT molecular complexity index is 1730. The maximum absolute atomic E-state index is 13.8. The van der Waals surface area contributed by atoms with Crippen molar-refractivity contribution in [3.63, 3.8) is 0 Å². The lowest BCUT2D eigenvalue weighted by Crippen LogP contribution is -2.26. The average Bonchev–Trinajstić information content (AvgIpc) is 3.58. The minimum Gasteiger partial charge on any atom is -0.491 e. The number of rotatable bonds is 17. The molecule has 9 heteroatoms. The minimum absolute atomic E-state index is 0.105. The van der Waals surface area contributed by atoms with E-state index in [-0.39, 0.29) is 5.91 Å². The topological polar surface area (TPSA) is 85.7 Å². The molecule has 1 N–H and O–H groups in total. The van der Waals surface area contributed by atoms with E-state index < -0.39 is 10.8 Å². The van der Waals surface area contributed by atoms with Crippen LogP contribution in [0, 0.1) is 0 Å². The summed E-state index contributed by atoms with van der Waals surface area (Å²) >= 11 is 0. The smallest absolute Gasteiger partial charge is 0.251 e. The summed E-state index contributed by atoms with van der Waals surface area (Å²) < 4.78 is 26.7. The van der Waals surface area contributed by atoms with Gasteiger partial charge in [0, 0.05) is 54.3 Å². The molecule has 2 heterocycles. The van der Waals surface area contributed by atoms with Gasteiger partial charge in [-0.2, -0.15) is 0 Å². The zero-order valence-electron chi connectivity index (χ0n) is 30.6. The first-order chi connectivity index (χ1) is 25.0. The van der Waals surface area contributed by atoms with E-state index in [0.717, 1.165) is 115 Å². The van der Waals surface area contributed by atoms with Gasteiger partial charge in [-0.05, 0) is 110 Å². The normalized spacial score (nSPS) is 15.0. The van der Waals surface area contributed by atoms with Crippen molar-refractivity contribution in [2.24, 2.45) is 0 Å². The third-order valence-corrected chi connectivity index (χ3v) is 10.5. The van der Waals surface area contributed by atoms with Gasteiger partial charge in [0.05, 0.1) is 35.2 Å². The molecule has 1 aromatic heterocycles. The van der Waals surface area contributed by atoms with E-state index >= 15 is 0 Å². The third-order valence-electron chi connectivity index (χ3n) is 9.10. The van der Waals surface area contributed by atoms with Crippen LogP contribution < -0.4 is 15.0 Å². The summed E-state index contributed by atoms with van der Waals surface area (Å²) in [6.07, 6.45) is 13.7. The van der Waals surface area contributed by atoms with Crippen LogP contribution in [0.3, 0.4) is 0 Å². The molecule has 0 saturated heterocycles. The van der Waals surface area contributed by atoms with Gasteiger partial charge >= 0.3 is 0 Å². The minimum atomic E-state index is -1.21. The molecule has 1 atom stereocenters. The van der Waals surface area contributed by atoms with Crippen molar-refractivity contribution < 1.29 is 18.5 Å². The fourth-order valence-corrected chi connectivity index (χ4v) is 7.45. The van der Waals surface area contributed by atoms with Crippen LogP contribution in [0.2, 0.25) is 0 Å². The third kappa shape index (κ3) is 11.1. The molecule has 1 aliphatic rings. The van der Waals surface area contributed by atoms with Crippen molar-refractivity contribution in [2.75, 3.05) is 43.1 Å². The molecule has 0 spiro atoms. The highest BCUT2D eigenvalue weighted by atomic mass is 32.2.